The molecular weight excluding hydrogens is 354 g/mol. The minimum atomic E-state index is -0.966. The smallest absolute Gasteiger partial charge is 0.291 e. The van der Waals surface area contributed by atoms with Crippen LogP contribution in [0.4, 0.5) is 0 Å². The Morgan fingerprint density at radius 1 is 1.12 bits per heavy atom. The Morgan fingerprint density at radius 3 is 2.38 bits per heavy atom. The minimum Gasteiger partial charge on any atom is -0.368 e. The number of benzene rings is 2. The number of carbonyl (C=O) groups excluding carboxylic acids is 2. The highest BCUT2D eigenvalue weighted by molar-refractivity contribution is 6.30. The number of nitrogens with zero attached hydrogens (tertiary/aromatic N) is 3. The van der Waals surface area contributed by atoms with Gasteiger partial charge in [0.05, 0.1) is 5.69 Å². The number of aromatic nitrogens is 3. The van der Waals surface area contributed by atoms with E-state index in [1.54, 1.807) is 55.5 Å². The first kappa shape index (κ1) is 17.6. The third-order valence-electron chi connectivity index (χ3n) is 3.74. The molecule has 0 unspecified atom stereocenters. The summed E-state index contributed by atoms with van der Waals surface area (Å²) in [7, 11) is 0. The summed E-state index contributed by atoms with van der Waals surface area (Å²) in [6.45, 7) is 1.72. The molecule has 0 aliphatic heterocycles. The van der Waals surface area contributed by atoms with Crippen molar-refractivity contribution in [2.24, 2.45) is 5.73 Å². The van der Waals surface area contributed by atoms with Crippen LogP contribution in [0.25, 0.3) is 5.69 Å². The topological polar surface area (TPSA) is 103 Å². The maximum atomic E-state index is 12.5. The normalized spacial score (nSPS) is 11.8. The number of nitrogens with one attached hydrogen (secondary N) is 1. The molecule has 1 heterocycles. The Labute approximate surface area is 154 Å². The van der Waals surface area contributed by atoms with Gasteiger partial charge in [0.2, 0.25) is 11.7 Å². The number of halogens is 1. The second-order valence-electron chi connectivity index (χ2n) is 5.59. The quantitative estimate of drug-likeness (QED) is 0.719. The lowest BCUT2D eigenvalue weighted by molar-refractivity contribution is -0.120. The number of aryl methyl sites for hydroxylation is 1. The van der Waals surface area contributed by atoms with Crippen molar-refractivity contribution in [3.05, 3.63) is 76.8 Å². The molecule has 0 radical (unpaired) electrons. The van der Waals surface area contributed by atoms with Crippen molar-refractivity contribution in [1.29, 1.82) is 0 Å². The van der Waals surface area contributed by atoms with E-state index in [1.807, 2.05) is 6.07 Å². The molecule has 8 heteroatoms. The van der Waals surface area contributed by atoms with E-state index in [0.29, 0.717) is 22.1 Å². The summed E-state index contributed by atoms with van der Waals surface area (Å²) in [5.74, 6) is -0.792. The molecule has 1 atom stereocenters. The molecule has 0 saturated heterocycles. The van der Waals surface area contributed by atoms with Gasteiger partial charge in [0.15, 0.2) is 0 Å². The summed E-state index contributed by atoms with van der Waals surface area (Å²) in [5, 5.41) is 7.39. The Bertz CT molecular complexity index is 938. The summed E-state index contributed by atoms with van der Waals surface area (Å²) in [5.41, 5.74) is 6.72. The van der Waals surface area contributed by atoms with Gasteiger partial charge < -0.3 is 11.1 Å². The van der Waals surface area contributed by atoms with Crippen LogP contribution >= 0.6 is 11.6 Å². The van der Waals surface area contributed by atoms with Crippen LogP contribution in [0.1, 0.15) is 28.0 Å². The van der Waals surface area contributed by atoms with Crippen molar-refractivity contribution in [3.63, 3.8) is 0 Å². The number of amides is 2. The Morgan fingerprint density at radius 2 is 1.77 bits per heavy atom. The number of hydrogen-bond acceptors (Lipinski definition) is 4. The standard InChI is InChI=1S/C18H16ClN5O2/c1-11-21-17(23-24(11)14-9-7-13(19)8-10-14)18(26)22-15(16(20)25)12-5-3-2-4-6-12/h2-10,15H,1H3,(H2,20,25)(H,22,26)/t15-/m0/s1. The lowest BCUT2D eigenvalue weighted by Gasteiger charge is -2.14. The number of hydrogen-bond donors (Lipinski definition) is 2. The first-order valence-electron chi connectivity index (χ1n) is 7.80. The van der Waals surface area contributed by atoms with Crippen molar-refractivity contribution in [3.8, 4) is 5.69 Å². The van der Waals surface area contributed by atoms with Gasteiger partial charge in [0.25, 0.3) is 5.91 Å². The van der Waals surface area contributed by atoms with E-state index in [1.165, 1.54) is 4.68 Å². The zero-order valence-electron chi connectivity index (χ0n) is 13.9. The summed E-state index contributed by atoms with van der Waals surface area (Å²) in [4.78, 5) is 28.4. The lowest BCUT2D eigenvalue weighted by Crippen LogP contribution is -2.38. The summed E-state index contributed by atoms with van der Waals surface area (Å²) in [6.07, 6.45) is 0. The zero-order valence-corrected chi connectivity index (χ0v) is 14.6. The second kappa shape index (κ2) is 7.37. The molecule has 0 spiro atoms. The number of nitrogens with two attached hydrogens (primary N) is 1. The molecule has 132 valence electrons. The third kappa shape index (κ3) is 3.73. The van der Waals surface area contributed by atoms with E-state index in [0.717, 1.165) is 0 Å². The largest absolute Gasteiger partial charge is 0.368 e. The zero-order chi connectivity index (χ0) is 18.7. The predicted molar refractivity (Wildman–Crippen MR) is 96.9 cm³/mol. The summed E-state index contributed by atoms with van der Waals surface area (Å²) in [6, 6.07) is 14.7. The molecule has 7 nitrogen and oxygen atoms in total. The monoisotopic (exact) mass is 369 g/mol. The molecule has 0 aliphatic rings. The predicted octanol–water partition coefficient (Wildman–Crippen LogP) is 2.19. The van der Waals surface area contributed by atoms with Gasteiger partial charge in [-0.05, 0) is 36.8 Å². The van der Waals surface area contributed by atoms with E-state index in [9.17, 15) is 9.59 Å². The van der Waals surface area contributed by atoms with E-state index in [-0.39, 0.29) is 5.82 Å². The molecule has 3 aromatic rings. The van der Waals surface area contributed by atoms with Crippen LogP contribution in [-0.2, 0) is 4.79 Å². The molecule has 0 saturated carbocycles. The number of carbonyl (C=O) groups is 2. The van der Waals surface area contributed by atoms with Crippen LogP contribution in [0.15, 0.2) is 54.6 Å². The molecule has 2 amide bonds. The molecule has 1 aromatic heterocycles. The Hall–Kier alpha value is -3.19. The van der Waals surface area contributed by atoms with E-state index in [2.05, 4.69) is 15.4 Å². The van der Waals surface area contributed by atoms with E-state index >= 15 is 0 Å². The van der Waals surface area contributed by atoms with Crippen LogP contribution in [0.2, 0.25) is 5.02 Å². The number of rotatable bonds is 5. The molecule has 2 aromatic carbocycles. The maximum absolute atomic E-state index is 12.5. The SMILES string of the molecule is Cc1nc(C(=O)N[C@H](C(N)=O)c2ccccc2)nn1-c1ccc(Cl)cc1. The van der Waals surface area contributed by atoms with Crippen LogP contribution in [0.5, 0.6) is 0 Å². The van der Waals surface area contributed by atoms with Gasteiger partial charge >= 0.3 is 0 Å². The maximum Gasteiger partial charge on any atom is 0.291 e. The fourth-order valence-corrected chi connectivity index (χ4v) is 2.60. The summed E-state index contributed by atoms with van der Waals surface area (Å²) < 4.78 is 1.52. The first-order chi connectivity index (χ1) is 12.5. The van der Waals surface area contributed by atoms with Gasteiger partial charge in [-0.2, -0.15) is 0 Å². The highest BCUT2D eigenvalue weighted by Crippen LogP contribution is 2.15. The highest BCUT2D eigenvalue weighted by atomic mass is 35.5. The van der Waals surface area contributed by atoms with Gasteiger partial charge in [0.1, 0.15) is 11.9 Å². The van der Waals surface area contributed by atoms with Gasteiger partial charge in [0, 0.05) is 5.02 Å². The van der Waals surface area contributed by atoms with Gasteiger partial charge in [-0.3, -0.25) is 9.59 Å². The fraction of sp³-hybridized carbons (Fsp3) is 0.111. The molecular formula is C18H16ClN5O2. The Balaban J connectivity index is 1.85. The Kier molecular flexibility index (Phi) is 4.99. The average molecular weight is 370 g/mol. The van der Waals surface area contributed by atoms with Gasteiger partial charge in [-0.1, -0.05) is 41.9 Å². The highest BCUT2D eigenvalue weighted by Gasteiger charge is 2.23. The van der Waals surface area contributed by atoms with Crippen molar-refractivity contribution in [2.45, 2.75) is 13.0 Å². The van der Waals surface area contributed by atoms with Crippen molar-refractivity contribution >= 4 is 23.4 Å². The second-order valence-corrected chi connectivity index (χ2v) is 6.03. The molecule has 26 heavy (non-hydrogen) atoms. The van der Waals surface area contributed by atoms with Crippen LogP contribution in [0, 0.1) is 6.92 Å². The summed E-state index contributed by atoms with van der Waals surface area (Å²) >= 11 is 5.89. The van der Waals surface area contributed by atoms with Crippen molar-refractivity contribution in [2.75, 3.05) is 0 Å². The van der Waals surface area contributed by atoms with Crippen LogP contribution in [-0.4, -0.2) is 26.6 Å². The minimum absolute atomic E-state index is 0.0559. The van der Waals surface area contributed by atoms with Gasteiger partial charge in [-0.25, -0.2) is 9.67 Å². The fourth-order valence-electron chi connectivity index (χ4n) is 2.47. The average Bonchev–Trinajstić information content (AvgIpc) is 3.02. The van der Waals surface area contributed by atoms with Crippen LogP contribution in [0.3, 0.4) is 0 Å². The van der Waals surface area contributed by atoms with Crippen molar-refractivity contribution in [1.82, 2.24) is 20.1 Å². The van der Waals surface area contributed by atoms with Crippen LogP contribution < -0.4 is 11.1 Å². The van der Waals surface area contributed by atoms with Gasteiger partial charge in [-0.15, -0.1) is 5.10 Å². The third-order valence-corrected chi connectivity index (χ3v) is 3.99. The molecule has 0 aliphatic carbocycles. The van der Waals surface area contributed by atoms with E-state index in [4.69, 9.17) is 17.3 Å². The molecule has 0 bridgehead atoms. The van der Waals surface area contributed by atoms with Crippen molar-refractivity contribution < 1.29 is 9.59 Å². The number of primary amides is 1. The van der Waals surface area contributed by atoms with E-state index < -0.39 is 17.9 Å². The molecule has 3 N–H and O–H groups in total. The molecule has 3 rings (SSSR count). The molecule has 0 fully saturated rings. The first-order valence-corrected chi connectivity index (χ1v) is 8.18. The lowest BCUT2D eigenvalue weighted by atomic mass is 10.1.